The lowest BCUT2D eigenvalue weighted by Gasteiger charge is -2.19. The number of sulfone groups is 1. The summed E-state index contributed by atoms with van der Waals surface area (Å²) in [5.41, 5.74) is 6.41. The first-order chi connectivity index (χ1) is 7.36. The molecule has 0 aliphatic rings. The highest BCUT2D eigenvalue weighted by molar-refractivity contribution is 7.91. The van der Waals surface area contributed by atoms with Crippen molar-refractivity contribution in [3.8, 4) is 0 Å². The van der Waals surface area contributed by atoms with Gasteiger partial charge in [-0.1, -0.05) is 12.1 Å². The summed E-state index contributed by atoms with van der Waals surface area (Å²) in [5.74, 6) is 0. The number of aliphatic hydroxyl groups excluding tert-OH is 2. The Bertz CT molecular complexity index is 440. The van der Waals surface area contributed by atoms with E-state index in [4.69, 9.17) is 10.8 Å². The molecule has 0 radical (unpaired) electrons. The standard InChI is InChI=1S/C10H15NO4S/c1-16(14,15)9(6-12)10(13)7-2-4-8(11)5-3-7/h2-5,9-10,12-13H,6,11H2,1H3/t9-,10+/m1/s1. The molecule has 0 fully saturated rings. The molecule has 0 aliphatic heterocycles. The fraction of sp³-hybridized carbons (Fsp3) is 0.400. The van der Waals surface area contributed by atoms with Crippen LogP contribution in [0.5, 0.6) is 0 Å². The van der Waals surface area contributed by atoms with Gasteiger partial charge in [-0.15, -0.1) is 0 Å². The lowest BCUT2D eigenvalue weighted by molar-refractivity contribution is 0.138. The van der Waals surface area contributed by atoms with E-state index in [-0.39, 0.29) is 0 Å². The van der Waals surface area contributed by atoms with Gasteiger partial charge in [-0.25, -0.2) is 8.42 Å². The van der Waals surface area contributed by atoms with Gasteiger partial charge in [0.25, 0.3) is 0 Å². The molecular weight excluding hydrogens is 230 g/mol. The quantitative estimate of drug-likeness (QED) is 0.633. The van der Waals surface area contributed by atoms with Crippen molar-refractivity contribution < 1.29 is 18.6 Å². The zero-order chi connectivity index (χ0) is 12.3. The summed E-state index contributed by atoms with van der Waals surface area (Å²) >= 11 is 0. The number of hydrogen-bond acceptors (Lipinski definition) is 5. The third-order valence-corrected chi connectivity index (χ3v) is 3.87. The van der Waals surface area contributed by atoms with E-state index in [9.17, 15) is 13.5 Å². The predicted molar refractivity (Wildman–Crippen MR) is 61.5 cm³/mol. The maximum atomic E-state index is 11.3. The molecule has 90 valence electrons. The fourth-order valence-corrected chi connectivity index (χ4v) is 2.27. The molecule has 0 aromatic heterocycles. The minimum atomic E-state index is -3.50. The number of anilines is 1. The van der Waals surface area contributed by atoms with E-state index < -0.39 is 27.8 Å². The third-order valence-electron chi connectivity index (χ3n) is 2.36. The minimum Gasteiger partial charge on any atom is -0.399 e. The molecule has 1 rings (SSSR count). The molecule has 0 heterocycles. The Labute approximate surface area is 94.4 Å². The Morgan fingerprint density at radius 1 is 1.31 bits per heavy atom. The van der Waals surface area contributed by atoms with Crippen LogP contribution in [0, 0.1) is 0 Å². The van der Waals surface area contributed by atoms with Crippen LogP contribution in [-0.2, 0) is 9.84 Å². The van der Waals surface area contributed by atoms with Gasteiger partial charge in [-0.3, -0.25) is 0 Å². The Morgan fingerprint density at radius 3 is 2.19 bits per heavy atom. The largest absolute Gasteiger partial charge is 0.399 e. The smallest absolute Gasteiger partial charge is 0.155 e. The second kappa shape index (κ2) is 4.82. The molecule has 0 spiro atoms. The average molecular weight is 245 g/mol. The van der Waals surface area contributed by atoms with Gasteiger partial charge in [0.1, 0.15) is 5.25 Å². The fourth-order valence-electron chi connectivity index (χ4n) is 1.38. The van der Waals surface area contributed by atoms with Crippen LogP contribution in [0.2, 0.25) is 0 Å². The summed E-state index contributed by atoms with van der Waals surface area (Å²) in [6.45, 7) is -0.621. The highest BCUT2D eigenvalue weighted by Crippen LogP contribution is 2.22. The number of benzene rings is 1. The van der Waals surface area contributed by atoms with Crippen LogP contribution in [0.3, 0.4) is 0 Å². The van der Waals surface area contributed by atoms with Gasteiger partial charge in [0.05, 0.1) is 12.7 Å². The van der Waals surface area contributed by atoms with Gasteiger partial charge in [0.15, 0.2) is 9.84 Å². The van der Waals surface area contributed by atoms with Gasteiger partial charge < -0.3 is 15.9 Å². The maximum absolute atomic E-state index is 11.3. The van der Waals surface area contributed by atoms with Gasteiger partial charge in [-0.2, -0.15) is 0 Å². The molecule has 4 N–H and O–H groups in total. The normalized spacial score (nSPS) is 15.7. The molecule has 0 unspecified atom stereocenters. The van der Waals surface area contributed by atoms with Crippen LogP contribution in [-0.4, -0.2) is 36.7 Å². The molecule has 1 aromatic carbocycles. The molecule has 0 saturated heterocycles. The highest BCUT2D eigenvalue weighted by atomic mass is 32.2. The summed E-state index contributed by atoms with van der Waals surface area (Å²) in [5, 5.41) is 17.6. The van der Waals surface area contributed by atoms with Crippen molar-refractivity contribution in [3.05, 3.63) is 29.8 Å². The zero-order valence-electron chi connectivity index (χ0n) is 8.87. The molecule has 0 amide bonds. The van der Waals surface area contributed by atoms with Crippen LogP contribution in [0.25, 0.3) is 0 Å². The molecule has 0 bridgehead atoms. The summed E-state index contributed by atoms with van der Waals surface area (Å²) in [6, 6.07) is 6.20. The van der Waals surface area contributed by atoms with Crippen molar-refractivity contribution in [1.29, 1.82) is 0 Å². The number of nitrogens with two attached hydrogens (primary N) is 1. The van der Waals surface area contributed by atoms with Crippen LogP contribution in [0.4, 0.5) is 5.69 Å². The minimum absolute atomic E-state index is 0.415. The summed E-state index contributed by atoms with van der Waals surface area (Å²) in [4.78, 5) is 0. The SMILES string of the molecule is CS(=O)(=O)[C@H](CO)[C@@H](O)c1ccc(N)cc1. The van der Waals surface area contributed by atoms with E-state index in [1.807, 2.05) is 0 Å². The second-order valence-electron chi connectivity index (χ2n) is 3.66. The van der Waals surface area contributed by atoms with Crippen molar-refractivity contribution in [1.82, 2.24) is 0 Å². The van der Waals surface area contributed by atoms with E-state index in [0.717, 1.165) is 6.26 Å². The Morgan fingerprint density at radius 2 is 1.81 bits per heavy atom. The van der Waals surface area contributed by atoms with Crippen molar-refractivity contribution in [3.63, 3.8) is 0 Å². The number of aliphatic hydroxyl groups is 2. The topological polar surface area (TPSA) is 101 Å². The lowest BCUT2D eigenvalue weighted by atomic mass is 10.1. The Kier molecular flexibility index (Phi) is 3.90. The predicted octanol–water partition coefficient (Wildman–Crippen LogP) is -0.292. The van der Waals surface area contributed by atoms with Crippen molar-refractivity contribution >= 4 is 15.5 Å². The van der Waals surface area contributed by atoms with Gasteiger partial charge in [0.2, 0.25) is 0 Å². The van der Waals surface area contributed by atoms with Crippen LogP contribution in [0.1, 0.15) is 11.7 Å². The molecule has 0 saturated carbocycles. The Hall–Kier alpha value is -1.11. The molecule has 6 heteroatoms. The van der Waals surface area contributed by atoms with Crippen molar-refractivity contribution in [2.45, 2.75) is 11.4 Å². The van der Waals surface area contributed by atoms with Gasteiger partial charge in [0, 0.05) is 11.9 Å². The van der Waals surface area contributed by atoms with Crippen LogP contribution in [0.15, 0.2) is 24.3 Å². The number of nitrogen functional groups attached to an aromatic ring is 1. The molecule has 0 aliphatic carbocycles. The Balaban J connectivity index is 3.00. The number of rotatable bonds is 4. The maximum Gasteiger partial charge on any atom is 0.155 e. The van der Waals surface area contributed by atoms with E-state index >= 15 is 0 Å². The van der Waals surface area contributed by atoms with Gasteiger partial charge >= 0.3 is 0 Å². The first-order valence-corrected chi connectivity index (χ1v) is 6.65. The zero-order valence-corrected chi connectivity index (χ0v) is 9.68. The lowest BCUT2D eigenvalue weighted by Crippen LogP contribution is -2.31. The summed E-state index contributed by atoms with van der Waals surface area (Å²) in [7, 11) is -3.50. The van der Waals surface area contributed by atoms with Crippen molar-refractivity contribution in [2.75, 3.05) is 18.6 Å². The monoisotopic (exact) mass is 245 g/mol. The molecular formula is C10H15NO4S. The van der Waals surface area contributed by atoms with E-state index in [2.05, 4.69) is 0 Å². The average Bonchev–Trinajstić information content (AvgIpc) is 2.17. The summed E-state index contributed by atoms with van der Waals surface area (Å²) < 4.78 is 22.6. The third kappa shape index (κ3) is 2.94. The first-order valence-electron chi connectivity index (χ1n) is 4.69. The van der Waals surface area contributed by atoms with Crippen LogP contribution >= 0.6 is 0 Å². The van der Waals surface area contributed by atoms with Crippen LogP contribution < -0.4 is 5.73 Å². The second-order valence-corrected chi connectivity index (χ2v) is 5.93. The highest BCUT2D eigenvalue weighted by Gasteiger charge is 2.29. The van der Waals surface area contributed by atoms with Crippen molar-refractivity contribution in [2.24, 2.45) is 0 Å². The first kappa shape index (κ1) is 13.0. The van der Waals surface area contributed by atoms with E-state index in [1.165, 1.54) is 12.1 Å². The summed E-state index contributed by atoms with van der Waals surface area (Å²) in [6.07, 6.45) is -0.269. The number of hydrogen-bond donors (Lipinski definition) is 3. The van der Waals surface area contributed by atoms with E-state index in [0.29, 0.717) is 11.3 Å². The molecule has 16 heavy (non-hydrogen) atoms. The molecule has 1 aromatic rings. The van der Waals surface area contributed by atoms with Gasteiger partial charge in [-0.05, 0) is 17.7 Å². The van der Waals surface area contributed by atoms with E-state index in [1.54, 1.807) is 12.1 Å². The molecule has 2 atom stereocenters. The molecule has 5 nitrogen and oxygen atoms in total.